The van der Waals surface area contributed by atoms with E-state index in [-0.39, 0.29) is 16.1 Å². The van der Waals surface area contributed by atoms with Crippen LogP contribution in [0.4, 0.5) is 10.8 Å². The highest BCUT2D eigenvalue weighted by molar-refractivity contribution is 7.92. The number of thiazole rings is 1. The maximum absolute atomic E-state index is 13.3. The third-order valence-electron chi connectivity index (χ3n) is 6.13. The molecule has 0 radical (unpaired) electrons. The molecular formula is C31H27N3O3S2. The molecule has 0 bridgehead atoms. The molecule has 2 N–H and O–H groups in total. The fourth-order valence-electron chi connectivity index (χ4n) is 4.22. The number of aromatic nitrogens is 1. The molecule has 0 saturated carbocycles. The summed E-state index contributed by atoms with van der Waals surface area (Å²) in [7, 11) is -3.85. The molecule has 0 aliphatic rings. The van der Waals surface area contributed by atoms with Gasteiger partial charge in [0.25, 0.3) is 15.9 Å². The van der Waals surface area contributed by atoms with E-state index in [1.807, 2.05) is 18.2 Å². The van der Waals surface area contributed by atoms with Crippen LogP contribution in [0.3, 0.4) is 0 Å². The Kier molecular flexibility index (Phi) is 7.86. The van der Waals surface area contributed by atoms with Gasteiger partial charge < -0.3 is 0 Å². The van der Waals surface area contributed by atoms with E-state index in [2.05, 4.69) is 53.4 Å². The Morgan fingerprint density at radius 3 is 2.05 bits per heavy atom. The van der Waals surface area contributed by atoms with E-state index in [4.69, 9.17) is 4.98 Å². The van der Waals surface area contributed by atoms with Crippen LogP contribution in [-0.2, 0) is 16.4 Å². The monoisotopic (exact) mass is 553 g/mol. The van der Waals surface area contributed by atoms with E-state index < -0.39 is 15.9 Å². The molecule has 0 fully saturated rings. The van der Waals surface area contributed by atoms with Crippen LogP contribution < -0.4 is 10.0 Å². The Morgan fingerprint density at radius 2 is 1.36 bits per heavy atom. The second-order valence-electron chi connectivity index (χ2n) is 8.90. The molecule has 4 aromatic carbocycles. The van der Waals surface area contributed by atoms with E-state index in [0.717, 1.165) is 40.1 Å². The lowest BCUT2D eigenvalue weighted by Crippen LogP contribution is -2.18. The molecule has 1 amide bonds. The van der Waals surface area contributed by atoms with Gasteiger partial charge in [-0.05, 0) is 41.8 Å². The first-order chi connectivity index (χ1) is 18.9. The lowest BCUT2D eigenvalue weighted by atomic mass is 10.0. The number of rotatable bonds is 9. The van der Waals surface area contributed by atoms with Crippen LogP contribution in [-0.4, -0.2) is 19.3 Å². The van der Waals surface area contributed by atoms with Crippen molar-refractivity contribution in [1.29, 1.82) is 0 Å². The Hall–Kier alpha value is -4.27. The van der Waals surface area contributed by atoms with Gasteiger partial charge in [-0.15, -0.1) is 11.3 Å². The number of amides is 1. The fourth-order valence-corrected chi connectivity index (χ4v) is 6.40. The standard InChI is InChI=1S/C31H27N3O3S2/c1-2-11-28-29(24-20-18-23(19-21-24)22-12-5-3-6-13-22)32-31(38-28)33-30(35)26-16-9-10-17-27(26)34-39(36,37)25-14-7-4-8-15-25/h3-10,12-21,34H,2,11H2,1H3,(H,32,33,35). The first kappa shape index (κ1) is 26.3. The van der Waals surface area contributed by atoms with E-state index in [1.54, 1.807) is 42.5 Å². The summed E-state index contributed by atoms with van der Waals surface area (Å²) in [5.41, 5.74) is 4.49. The summed E-state index contributed by atoms with van der Waals surface area (Å²) in [6.07, 6.45) is 1.77. The average molecular weight is 554 g/mol. The summed E-state index contributed by atoms with van der Waals surface area (Å²) in [4.78, 5) is 19.3. The van der Waals surface area contributed by atoms with E-state index >= 15 is 0 Å². The molecular weight excluding hydrogens is 526 g/mol. The van der Waals surface area contributed by atoms with Gasteiger partial charge in [-0.1, -0.05) is 98.3 Å². The average Bonchev–Trinajstić information content (AvgIpc) is 3.36. The van der Waals surface area contributed by atoms with Gasteiger partial charge in [0.05, 0.1) is 21.8 Å². The quantitative estimate of drug-likeness (QED) is 0.198. The van der Waals surface area contributed by atoms with Crippen molar-refractivity contribution in [1.82, 2.24) is 4.98 Å². The summed E-state index contributed by atoms with van der Waals surface area (Å²) >= 11 is 1.44. The summed E-state index contributed by atoms with van der Waals surface area (Å²) in [6.45, 7) is 2.11. The van der Waals surface area contributed by atoms with Crippen LogP contribution >= 0.6 is 11.3 Å². The number of carbonyl (C=O) groups excluding carboxylic acids is 1. The van der Waals surface area contributed by atoms with Crippen LogP contribution in [0.25, 0.3) is 22.4 Å². The van der Waals surface area contributed by atoms with Gasteiger partial charge in [0.1, 0.15) is 0 Å². The molecule has 0 unspecified atom stereocenters. The summed E-state index contributed by atoms with van der Waals surface area (Å²) < 4.78 is 28.3. The number of nitrogens with zero attached hydrogens (tertiary/aromatic N) is 1. The highest BCUT2D eigenvalue weighted by Crippen LogP contribution is 2.34. The van der Waals surface area contributed by atoms with Crippen molar-refractivity contribution in [2.45, 2.75) is 24.7 Å². The van der Waals surface area contributed by atoms with Gasteiger partial charge in [0, 0.05) is 10.4 Å². The molecule has 0 aliphatic heterocycles. The van der Waals surface area contributed by atoms with Crippen LogP contribution in [0.5, 0.6) is 0 Å². The molecule has 1 heterocycles. The minimum Gasteiger partial charge on any atom is -0.298 e. The van der Waals surface area contributed by atoms with Crippen molar-refractivity contribution in [3.8, 4) is 22.4 Å². The van der Waals surface area contributed by atoms with Gasteiger partial charge in [-0.25, -0.2) is 13.4 Å². The number of hydrogen-bond donors (Lipinski definition) is 2. The molecule has 5 aromatic rings. The van der Waals surface area contributed by atoms with Crippen LogP contribution in [0.2, 0.25) is 0 Å². The van der Waals surface area contributed by atoms with Gasteiger partial charge >= 0.3 is 0 Å². The lowest BCUT2D eigenvalue weighted by Gasteiger charge is -2.12. The summed E-state index contributed by atoms with van der Waals surface area (Å²) in [5.74, 6) is -0.441. The minimum absolute atomic E-state index is 0.118. The van der Waals surface area contributed by atoms with E-state index in [0.29, 0.717) is 5.13 Å². The maximum Gasteiger partial charge on any atom is 0.261 e. The summed E-state index contributed by atoms with van der Waals surface area (Å²) in [5, 5.41) is 3.35. The number of hydrogen-bond acceptors (Lipinski definition) is 5. The SMILES string of the molecule is CCCc1sc(NC(=O)c2ccccc2NS(=O)(=O)c2ccccc2)nc1-c1ccc(-c2ccccc2)cc1. The van der Waals surface area contributed by atoms with Crippen LogP contribution in [0.1, 0.15) is 28.6 Å². The fraction of sp³-hybridized carbons (Fsp3) is 0.0968. The van der Waals surface area contributed by atoms with Crippen molar-refractivity contribution >= 4 is 38.1 Å². The number of sulfonamides is 1. The van der Waals surface area contributed by atoms with E-state index in [1.165, 1.54) is 23.5 Å². The third kappa shape index (κ3) is 6.08. The first-order valence-corrected chi connectivity index (χ1v) is 14.9. The van der Waals surface area contributed by atoms with Gasteiger partial charge in [-0.3, -0.25) is 14.8 Å². The first-order valence-electron chi connectivity index (χ1n) is 12.6. The zero-order valence-corrected chi connectivity index (χ0v) is 22.9. The molecule has 39 heavy (non-hydrogen) atoms. The molecule has 0 atom stereocenters. The number of para-hydroxylation sites is 1. The number of carbonyl (C=O) groups is 1. The predicted molar refractivity (Wildman–Crippen MR) is 159 cm³/mol. The van der Waals surface area contributed by atoms with Crippen molar-refractivity contribution in [3.05, 3.63) is 120 Å². The summed E-state index contributed by atoms with van der Waals surface area (Å²) in [6, 6.07) is 33.0. The number of benzene rings is 4. The zero-order valence-electron chi connectivity index (χ0n) is 21.3. The molecule has 0 saturated heterocycles. The Morgan fingerprint density at radius 1 is 0.769 bits per heavy atom. The Bertz CT molecular complexity index is 1680. The van der Waals surface area contributed by atoms with Gasteiger partial charge in [0.15, 0.2) is 5.13 Å². The van der Waals surface area contributed by atoms with Crippen molar-refractivity contribution in [3.63, 3.8) is 0 Å². The highest BCUT2D eigenvalue weighted by atomic mass is 32.2. The third-order valence-corrected chi connectivity index (χ3v) is 8.54. The Balaban J connectivity index is 1.39. The van der Waals surface area contributed by atoms with Gasteiger partial charge in [0.2, 0.25) is 0 Å². The van der Waals surface area contributed by atoms with Gasteiger partial charge in [-0.2, -0.15) is 0 Å². The molecule has 0 spiro atoms. The Labute approximate surface area is 232 Å². The molecule has 6 nitrogen and oxygen atoms in total. The molecule has 5 rings (SSSR count). The van der Waals surface area contributed by atoms with Crippen molar-refractivity contribution in [2.24, 2.45) is 0 Å². The van der Waals surface area contributed by atoms with Crippen molar-refractivity contribution < 1.29 is 13.2 Å². The lowest BCUT2D eigenvalue weighted by molar-refractivity contribution is 0.102. The number of nitrogens with one attached hydrogen (secondary N) is 2. The van der Waals surface area contributed by atoms with E-state index in [9.17, 15) is 13.2 Å². The number of aryl methyl sites for hydroxylation is 1. The van der Waals surface area contributed by atoms with Crippen LogP contribution in [0.15, 0.2) is 114 Å². The smallest absolute Gasteiger partial charge is 0.261 e. The minimum atomic E-state index is -3.85. The van der Waals surface area contributed by atoms with Crippen molar-refractivity contribution in [2.75, 3.05) is 10.0 Å². The zero-order chi connectivity index (χ0) is 27.2. The second kappa shape index (κ2) is 11.6. The normalized spacial score (nSPS) is 11.2. The highest BCUT2D eigenvalue weighted by Gasteiger charge is 2.20. The number of anilines is 2. The maximum atomic E-state index is 13.3. The largest absolute Gasteiger partial charge is 0.298 e. The molecule has 1 aromatic heterocycles. The predicted octanol–water partition coefficient (Wildman–Crippen LogP) is 7.48. The van der Waals surface area contributed by atoms with Crippen LogP contribution in [0, 0.1) is 0 Å². The molecule has 8 heteroatoms. The topological polar surface area (TPSA) is 88.2 Å². The molecule has 196 valence electrons. The second-order valence-corrected chi connectivity index (χ2v) is 11.7. The molecule has 0 aliphatic carbocycles.